The van der Waals surface area contributed by atoms with Gasteiger partial charge < -0.3 is 5.11 Å². The lowest BCUT2D eigenvalue weighted by molar-refractivity contribution is -0.266. The van der Waals surface area contributed by atoms with Crippen LogP contribution >= 0.6 is 0 Å². The molecule has 0 unspecified atom stereocenters. The summed E-state index contributed by atoms with van der Waals surface area (Å²) in [5.41, 5.74) is 0.102. The third kappa shape index (κ3) is 1.46. The number of hydrogen-bond donors (Lipinski definition) is 1. The first-order chi connectivity index (χ1) is 7.69. The van der Waals surface area contributed by atoms with Crippen molar-refractivity contribution < 1.29 is 15.1 Å². The van der Waals surface area contributed by atoms with Gasteiger partial charge in [-0.05, 0) is 44.9 Å². The van der Waals surface area contributed by atoms with E-state index in [1.807, 2.05) is 13.8 Å². The van der Waals surface area contributed by atoms with E-state index in [1.54, 1.807) is 13.8 Å². The molecule has 0 atom stereocenters. The van der Waals surface area contributed by atoms with E-state index in [-0.39, 0.29) is 5.69 Å². The molecule has 0 spiro atoms. The summed E-state index contributed by atoms with van der Waals surface area (Å²) >= 11 is 0. The molecule has 1 aliphatic rings. The number of aromatic carboxylic acids is 1. The zero-order valence-corrected chi connectivity index (χ0v) is 10.3. The maximum Gasteiger partial charge on any atom is 0.354 e. The summed E-state index contributed by atoms with van der Waals surface area (Å²) in [7, 11) is 0. The molecular formula is C12H15N2O3. The highest BCUT2D eigenvalue weighted by molar-refractivity contribution is 5.85. The Balaban J connectivity index is 2.68. The molecule has 0 bridgehead atoms. The van der Waals surface area contributed by atoms with Gasteiger partial charge in [0.2, 0.25) is 0 Å². The van der Waals surface area contributed by atoms with E-state index < -0.39 is 17.0 Å². The van der Waals surface area contributed by atoms with Crippen molar-refractivity contribution in [3.63, 3.8) is 0 Å². The van der Waals surface area contributed by atoms with E-state index >= 15 is 0 Å². The molecule has 0 aromatic carbocycles. The second-order valence-corrected chi connectivity index (χ2v) is 5.33. The van der Waals surface area contributed by atoms with Gasteiger partial charge in [0.05, 0.1) is 11.1 Å². The quantitative estimate of drug-likeness (QED) is 0.806. The van der Waals surface area contributed by atoms with Crippen molar-refractivity contribution in [2.45, 2.75) is 38.8 Å². The zero-order valence-electron chi connectivity index (χ0n) is 10.3. The fourth-order valence-corrected chi connectivity index (χ4v) is 2.48. The van der Waals surface area contributed by atoms with Crippen LogP contribution in [0.5, 0.6) is 0 Å². The molecule has 1 aromatic rings. The largest absolute Gasteiger partial charge is 0.477 e. The molecule has 1 radical (unpaired) electrons. The minimum Gasteiger partial charge on any atom is -0.477 e. The minimum atomic E-state index is -1.08. The van der Waals surface area contributed by atoms with Crippen LogP contribution in [-0.4, -0.2) is 21.1 Å². The number of nitrogens with zero attached hydrogens (tertiary/aromatic N) is 2. The van der Waals surface area contributed by atoms with Gasteiger partial charge in [-0.2, -0.15) is 0 Å². The molecular weight excluding hydrogens is 220 g/mol. The normalized spacial score (nSPS) is 21.2. The minimum absolute atomic E-state index is 0.0251. The number of hydroxylamine groups is 2. The van der Waals surface area contributed by atoms with Crippen molar-refractivity contribution in [3.8, 4) is 0 Å². The highest BCUT2D eigenvalue weighted by Crippen LogP contribution is 2.47. The van der Waals surface area contributed by atoms with E-state index in [2.05, 4.69) is 4.98 Å². The second-order valence-electron chi connectivity index (χ2n) is 5.33. The molecule has 5 heteroatoms. The fraction of sp³-hybridized carbons (Fsp3) is 0.500. The van der Waals surface area contributed by atoms with Gasteiger partial charge in [-0.15, -0.1) is 10.3 Å². The van der Waals surface area contributed by atoms with Crippen molar-refractivity contribution in [1.82, 2.24) is 10.0 Å². The van der Waals surface area contributed by atoms with E-state index in [4.69, 9.17) is 5.11 Å². The van der Waals surface area contributed by atoms with E-state index in [0.717, 1.165) is 16.2 Å². The van der Waals surface area contributed by atoms with Gasteiger partial charge in [0.1, 0.15) is 5.69 Å². The number of rotatable bonds is 1. The second kappa shape index (κ2) is 3.27. The number of carbonyl (C=O) groups is 1. The van der Waals surface area contributed by atoms with Crippen LogP contribution in [0.3, 0.4) is 0 Å². The highest BCUT2D eigenvalue weighted by atomic mass is 16.5. The van der Waals surface area contributed by atoms with E-state index in [1.165, 1.54) is 12.3 Å². The zero-order chi connectivity index (χ0) is 13.0. The number of carboxylic acid groups (broad SMARTS) is 1. The number of hydrogen-bond acceptors (Lipinski definition) is 3. The summed E-state index contributed by atoms with van der Waals surface area (Å²) in [6.07, 6.45) is 1.50. The van der Waals surface area contributed by atoms with Crippen molar-refractivity contribution >= 4 is 5.97 Å². The van der Waals surface area contributed by atoms with Crippen LogP contribution in [-0.2, 0) is 16.3 Å². The van der Waals surface area contributed by atoms with Gasteiger partial charge in [-0.25, -0.2) is 9.78 Å². The van der Waals surface area contributed by atoms with Crippen LogP contribution in [0, 0.1) is 0 Å². The lowest BCUT2D eigenvalue weighted by atomic mass is 9.92. The predicted octanol–water partition coefficient (Wildman–Crippen LogP) is 1.91. The Hall–Kier alpha value is -1.46. The van der Waals surface area contributed by atoms with Crippen LogP contribution in [0.4, 0.5) is 0 Å². The van der Waals surface area contributed by atoms with Gasteiger partial charge in [-0.3, -0.25) is 0 Å². The Bertz CT molecular complexity index is 495. The fourth-order valence-electron chi connectivity index (χ4n) is 2.48. The maximum absolute atomic E-state index is 12.2. The first kappa shape index (κ1) is 12.0. The molecule has 17 heavy (non-hydrogen) atoms. The highest BCUT2D eigenvalue weighted by Gasteiger charge is 2.50. The maximum atomic E-state index is 12.2. The Labute approximate surface area is 99.7 Å². The predicted molar refractivity (Wildman–Crippen MR) is 59.8 cm³/mol. The van der Waals surface area contributed by atoms with Crippen molar-refractivity contribution in [2.24, 2.45) is 0 Å². The van der Waals surface area contributed by atoms with Gasteiger partial charge in [-0.1, -0.05) is 0 Å². The van der Waals surface area contributed by atoms with Crippen LogP contribution in [0.2, 0.25) is 0 Å². The Morgan fingerprint density at radius 3 is 2.29 bits per heavy atom. The van der Waals surface area contributed by atoms with Crippen LogP contribution in [0.25, 0.3) is 0 Å². The van der Waals surface area contributed by atoms with Gasteiger partial charge in [0.25, 0.3) is 0 Å². The number of aromatic nitrogens is 1. The van der Waals surface area contributed by atoms with Crippen LogP contribution in [0.15, 0.2) is 12.3 Å². The summed E-state index contributed by atoms with van der Waals surface area (Å²) in [6, 6.07) is 1.50. The van der Waals surface area contributed by atoms with E-state index in [9.17, 15) is 10.0 Å². The molecule has 2 heterocycles. The van der Waals surface area contributed by atoms with Crippen molar-refractivity contribution in [2.75, 3.05) is 0 Å². The van der Waals surface area contributed by atoms with E-state index in [0.29, 0.717) is 0 Å². The average molecular weight is 235 g/mol. The smallest absolute Gasteiger partial charge is 0.354 e. The van der Waals surface area contributed by atoms with Crippen LogP contribution < -0.4 is 0 Å². The third-order valence-corrected chi connectivity index (χ3v) is 3.46. The molecule has 1 aliphatic heterocycles. The summed E-state index contributed by atoms with van der Waals surface area (Å²) in [4.78, 5) is 14.8. The summed E-state index contributed by atoms with van der Waals surface area (Å²) in [5, 5.41) is 22.2. The molecule has 5 nitrogen and oxygen atoms in total. The molecule has 0 aliphatic carbocycles. The van der Waals surface area contributed by atoms with Gasteiger partial charge in [0, 0.05) is 6.20 Å². The molecule has 0 saturated heterocycles. The molecule has 0 saturated carbocycles. The van der Waals surface area contributed by atoms with Gasteiger partial charge >= 0.3 is 5.97 Å². The molecule has 91 valence electrons. The number of carboxylic acids is 1. The number of fused-ring (bicyclic) bond motifs is 1. The van der Waals surface area contributed by atoms with Crippen LogP contribution in [0.1, 0.15) is 49.3 Å². The third-order valence-electron chi connectivity index (χ3n) is 3.46. The molecule has 0 fully saturated rings. The monoisotopic (exact) mass is 235 g/mol. The molecule has 2 rings (SSSR count). The average Bonchev–Trinajstić information content (AvgIpc) is 2.38. The van der Waals surface area contributed by atoms with Crippen molar-refractivity contribution in [3.05, 3.63) is 29.1 Å². The lowest BCUT2D eigenvalue weighted by Crippen LogP contribution is -2.41. The first-order valence-electron chi connectivity index (χ1n) is 5.41. The Morgan fingerprint density at radius 1 is 1.24 bits per heavy atom. The first-order valence-corrected chi connectivity index (χ1v) is 5.41. The summed E-state index contributed by atoms with van der Waals surface area (Å²) in [6.45, 7) is 7.21. The SMILES string of the molecule is CC1(C)c2cnc(C(=O)O)cc2C(C)(C)N1[O]. The van der Waals surface area contributed by atoms with Gasteiger partial charge in [0.15, 0.2) is 0 Å². The Morgan fingerprint density at radius 2 is 1.76 bits per heavy atom. The molecule has 1 aromatic heterocycles. The lowest BCUT2D eigenvalue weighted by Gasteiger charge is -2.32. The molecule has 1 N–H and O–H groups in total. The van der Waals surface area contributed by atoms with Crippen molar-refractivity contribution in [1.29, 1.82) is 0 Å². The summed E-state index contributed by atoms with van der Waals surface area (Å²) < 4.78 is 0. The standard InChI is InChI=1S/C12H15N2O3/c1-11(2)7-5-9(10(15)16)13-6-8(7)12(3,4)14(11)17/h5-6H,1-4H3,(H,15,16). The topological polar surface area (TPSA) is 73.3 Å². The molecule has 0 amide bonds. The Kier molecular flexibility index (Phi) is 2.31. The summed E-state index contributed by atoms with van der Waals surface area (Å²) in [5.74, 6) is -1.08. The number of pyridine rings is 1.